The van der Waals surface area contributed by atoms with E-state index in [2.05, 4.69) is 18.7 Å². The molecule has 0 radical (unpaired) electrons. The van der Waals surface area contributed by atoms with Crippen LogP contribution in [0.3, 0.4) is 0 Å². The Balaban J connectivity index is 1.86. The van der Waals surface area contributed by atoms with Gasteiger partial charge in [-0.2, -0.15) is 0 Å². The number of Topliss-reactive ketones (excluding diaryl/α,β-unsaturated/α-hetero) is 2. The summed E-state index contributed by atoms with van der Waals surface area (Å²) in [5.74, 6) is -7.83. The minimum atomic E-state index is -2.73. The summed E-state index contributed by atoms with van der Waals surface area (Å²) in [7, 11) is 3.05. The van der Waals surface area contributed by atoms with E-state index in [0.29, 0.717) is 5.92 Å². The molecule has 0 saturated heterocycles. The van der Waals surface area contributed by atoms with Gasteiger partial charge in [-0.1, -0.05) is 20.8 Å². The van der Waals surface area contributed by atoms with Crippen LogP contribution in [0.1, 0.15) is 50.3 Å². The highest BCUT2D eigenvalue weighted by molar-refractivity contribution is 6.24. The van der Waals surface area contributed by atoms with Crippen molar-refractivity contribution in [3.05, 3.63) is 45.5 Å². The lowest BCUT2D eigenvalue weighted by atomic mass is 9.57. The molecule has 4 rings (SSSR count). The third-order valence-electron chi connectivity index (χ3n) is 8.29. The molecule has 1 fully saturated rings. The lowest BCUT2D eigenvalue weighted by Gasteiger charge is -2.50. The van der Waals surface area contributed by atoms with E-state index >= 15 is 4.39 Å². The van der Waals surface area contributed by atoms with Crippen LogP contribution in [0.25, 0.3) is 5.76 Å². The molecule has 3 aliphatic rings. The van der Waals surface area contributed by atoms with Crippen molar-refractivity contribution in [1.82, 2.24) is 9.80 Å². The first-order valence-electron chi connectivity index (χ1n) is 13.6. The number of aliphatic hydroxyl groups is 3. The summed E-state index contributed by atoms with van der Waals surface area (Å²) < 4.78 is 16.0. The molecule has 1 saturated carbocycles. The number of primary amides is 1. The summed E-state index contributed by atoms with van der Waals surface area (Å²) >= 11 is 0. The number of carbonyl (C=O) groups is 3. The SMILES string of the molecule is CCCN(Cc1cc(O)c2c(c1F)C[C@H]1C[C@H]3[C@H](N(C)C)C(=O)C(C(N)=O)=C(O)[C@@]3(O)C(=O)C1=C2O)CC(C)C. The first-order chi connectivity index (χ1) is 18.7. The molecule has 218 valence electrons. The number of amides is 1. The monoisotopic (exact) mass is 559 g/mol. The molecule has 40 heavy (non-hydrogen) atoms. The number of likely N-dealkylation sites (N-methyl/N-ethyl adjacent to an activating group) is 1. The van der Waals surface area contributed by atoms with Gasteiger partial charge in [-0.05, 0) is 57.8 Å². The van der Waals surface area contributed by atoms with Crippen LogP contribution in [-0.2, 0) is 27.3 Å². The number of phenolic OH excluding ortho intramolecular Hbond substituents is 1. The predicted molar refractivity (Wildman–Crippen MR) is 145 cm³/mol. The Morgan fingerprint density at radius 2 is 1.88 bits per heavy atom. The quantitative estimate of drug-likeness (QED) is 0.300. The van der Waals surface area contributed by atoms with E-state index in [4.69, 9.17) is 5.73 Å². The van der Waals surface area contributed by atoms with Crippen LogP contribution in [0.2, 0.25) is 0 Å². The molecule has 4 atom stereocenters. The number of hydrogen-bond acceptors (Lipinski definition) is 9. The Kier molecular flexibility index (Phi) is 7.87. The number of fused-ring (bicyclic) bond motifs is 3. The normalized spacial score (nSPS) is 26.5. The molecule has 1 aromatic carbocycles. The second-order valence-electron chi connectivity index (χ2n) is 11.8. The van der Waals surface area contributed by atoms with Crippen LogP contribution in [0.15, 0.2) is 23.0 Å². The highest BCUT2D eigenvalue weighted by atomic mass is 19.1. The minimum Gasteiger partial charge on any atom is -0.508 e. The van der Waals surface area contributed by atoms with Gasteiger partial charge in [0.25, 0.3) is 5.91 Å². The van der Waals surface area contributed by atoms with Crippen molar-refractivity contribution < 1.29 is 39.2 Å². The van der Waals surface area contributed by atoms with Crippen molar-refractivity contribution in [1.29, 1.82) is 0 Å². The summed E-state index contributed by atoms with van der Waals surface area (Å²) in [5, 5.41) is 44.7. The molecule has 1 aromatic rings. The zero-order valence-corrected chi connectivity index (χ0v) is 23.5. The van der Waals surface area contributed by atoms with Gasteiger partial charge in [0.1, 0.15) is 28.7 Å². The summed E-state index contributed by atoms with van der Waals surface area (Å²) in [6, 6.07) is 0.0453. The summed E-state index contributed by atoms with van der Waals surface area (Å²) in [4.78, 5) is 42.6. The fourth-order valence-corrected chi connectivity index (χ4v) is 6.77. The molecule has 0 aromatic heterocycles. The van der Waals surface area contributed by atoms with Crippen molar-refractivity contribution in [2.75, 3.05) is 27.2 Å². The van der Waals surface area contributed by atoms with Crippen molar-refractivity contribution in [3.8, 4) is 5.75 Å². The van der Waals surface area contributed by atoms with Crippen LogP contribution < -0.4 is 5.73 Å². The molecule has 10 nitrogen and oxygen atoms in total. The Hall–Kier alpha value is -3.28. The molecule has 3 aliphatic carbocycles. The number of aromatic hydroxyl groups is 1. The number of phenols is 1. The Bertz CT molecular complexity index is 1340. The van der Waals surface area contributed by atoms with E-state index in [1.807, 2.05) is 6.92 Å². The van der Waals surface area contributed by atoms with E-state index in [9.17, 15) is 34.8 Å². The third-order valence-corrected chi connectivity index (χ3v) is 8.29. The van der Waals surface area contributed by atoms with Gasteiger partial charge in [0.05, 0.1) is 11.6 Å². The summed E-state index contributed by atoms with van der Waals surface area (Å²) in [6.07, 6.45) is 0.683. The molecular weight excluding hydrogens is 521 g/mol. The molecule has 0 bridgehead atoms. The number of ketones is 2. The van der Waals surface area contributed by atoms with Crippen molar-refractivity contribution in [2.24, 2.45) is 23.5 Å². The van der Waals surface area contributed by atoms with Gasteiger partial charge in [0, 0.05) is 35.7 Å². The first-order valence-corrected chi connectivity index (χ1v) is 13.6. The maximum atomic E-state index is 16.0. The third kappa shape index (κ3) is 4.49. The van der Waals surface area contributed by atoms with Gasteiger partial charge < -0.3 is 26.2 Å². The number of nitrogens with zero attached hydrogens (tertiary/aromatic N) is 2. The standard InChI is InChI=1S/C29H38FN3O7/c1-6-7-33(11-13(2)3)12-15-10-18(34)20-16(22(15)30)8-14-9-17-23(32(4)5)25(36)21(28(31)39)27(38)29(17,40)26(37)19(14)24(20)35/h10,13-14,17,23,34-35,38,40H,6-9,11-12H2,1-5H3,(H2,31,39)/t14-,17-,23-,29-/m0/s1. The molecule has 1 amide bonds. The second kappa shape index (κ2) is 10.6. The predicted octanol–water partition coefficient (Wildman–Crippen LogP) is 1.97. The number of benzene rings is 1. The van der Waals surface area contributed by atoms with Gasteiger partial charge in [-0.3, -0.25) is 24.2 Å². The average molecular weight is 560 g/mol. The summed E-state index contributed by atoms with van der Waals surface area (Å²) in [6.45, 7) is 7.84. The first kappa shape index (κ1) is 29.7. The molecule has 0 spiro atoms. The minimum absolute atomic E-state index is 0.0432. The Morgan fingerprint density at radius 1 is 1.23 bits per heavy atom. The summed E-state index contributed by atoms with van der Waals surface area (Å²) in [5.41, 5.74) is 1.48. The maximum absolute atomic E-state index is 16.0. The second-order valence-corrected chi connectivity index (χ2v) is 11.8. The van der Waals surface area contributed by atoms with Gasteiger partial charge in [-0.25, -0.2) is 4.39 Å². The zero-order chi connectivity index (χ0) is 29.8. The van der Waals surface area contributed by atoms with Gasteiger partial charge in [-0.15, -0.1) is 0 Å². The fourth-order valence-electron chi connectivity index (χ4n) is 6.77. The van der Waals surface area contributed by atoms with E-state index in [1.165, 1.54) is 25.1 Å². The van der Waals surface area contributed by atoms with Crippen molar-refractivity contribution in [2.45, 2.75) is 58.2 Å². The molecule has 11 heteroatoms. The molecule has 0 aliphatic heterocycles. The van der Waals surface area contributed by atoms with E-state index < -0.39 is 69.6 Å². The molecule has 0 unspecified atom stereocenters. The number of aliphatic hydroxyl groups excluding tert-OH is 2. The number of rotatable bonds is 8. The van der Waals surface area contributed by atoms with E-state index in [-0.39, 0.29) is 41.6 Å². The van der Waals surface area contributed by atoms with Gasteiger partial charge in [0.2, 0.25) is 5.78 Å². The number of hydrogen-bond donors (Lipinski definition) is 5. The smallest absolute Gasteiger partial charge is 0.255 e. The zero-order valence-electron chi connectivity index (χ0n) is 23.5. The molecule has 0 heterocycles. The average Bonchev–Trinajstić information content (AvgIpc) is 2.83. The lowest BCUT2D eigenvalue weighted by Crippen LogP contribution is -2.65. The van der Waals surface area contributed by atoms with Crippen LogP contribution in [0, 0.1) is 23.6 Å². The highest BCUT2D eigenvalue weighted by Crippen LogP contribution is 2.53. The van der Waals surface area contributed by atoms with Crippen LogP contribution in [0.4, 0.5) is 4.39 Å². The number of carbonyl (C=O) groups excluding carboxylic acids is 3. The molecule has 6 N–H and O–H groups in total. The fraction of sp³-hybridized carbons (Fsp3) is 0.552. The Labute approximate surface area is 232 Å². The number of nitrogens with two attached hydrogens (primary N) is 1. The Morgan fingerprint density at radius 3 is 2.42 bits per heavy atom. The lowest BCUT2D eigenvalue weighted by molar-refractivity contribution is -0.153. The largest absolute Gasteiger partial charge is 0.508 e. The van der Waals surface area contributed by atoms with Crippen molar-refractivity contribution in [3.63, 3.8) is 0 Å². The number of halogens is 1. The van der Waals surface area contributed by atoms with E-state index in [1.54, 1.807) is 0 Å². The van der Waals surface area contributed by atoms with Crippen LogP contribution in [-0.4, -0.2) is 86.5 Å². The van der Waals surface area contributed by atoms with Gasteiger partial charge in [0.15, 0.2) is 11.4 Å². The van der Waals surface area contributed by atoms with Crippen LogP contribution in [0.5, 0.6) is 5.75 Å². The molecular formula is C29H38FN3O7. The van der Waals surface area contributed by atoms with Crippen LogP contribution >= 0.6 is 0 Å². The maximum Gasteiger partial charge on any atom is 0.255 e. The van der Waals surface area contributed by atoms with Crippen molar-refractivity contribution >= 4 is 23.2 Å². The topological polar surface area (TPSA) is 165 Å². The van der Waals surface area contributed by atoms with E-state index in [0.717, 1.165) is 19.5 Å². The van der Waals surface area contributed by atoms with Gasteiger partial charge >= 0.3 is 0 Å². The highest BCUT2D eigenvalue weighted by Gasteiger charge is 2.64.